The number of amides is 1. The average Bonchev–Trinajstić information content (AvgIpc) is 2.74. The Bertz CT molecular complexity index is 863. The van der Waals surface area contributed by atoms with Gasteiger partial charge in [-0.05, 0) is 19.9 Å². The maximum Gasteiger partial charge on any atom is 0.356 e. The molecule has 6 N–H and O–H groups in total. The van der Waals surface area contributed by atoms with Crippen molar-refractivity contribution in [1.82, 2.24) is 14.9 Å². The van der Waals surface area contributed by atoms with Crippen LogP contribution in [0.15, 0.2) is 17.1 Å². The molecule has 0 fully saturated rings. The van der Waals surface area contributed by atoms with Gasteiger partial charge in [0.1, 0.15) is 12.2 Å². The van der Waals surface area contributed by atoms with Crippen LogP contribution in [-0.2, 0) is 39.2 Å². The maximum atomic E-state index is 13.0. The van der Waals surface area contributed by atoms with Crippen LogP contribution in [0.5, 0.6) is 0 Å². The minimum Gasteiger partial charge on any atom is -0.467 e. The van der Waals surface area contributed by atoms with Crippen molar-refractivity contribution in [3.05, 3.63) is 22.7 Å². The molecule has 0 aliphatic heterocycles. The van der Waals surface area contributed by atoms with Crippen LogP contribution in [-0.4, -0.2) is 78.0 Å². The molecule has 1 amide bonds. The van der Waals surface area contributed by atoms with Crippen molar-refractivity contribution in [2.24, 2.45) is 5.73 Å². The Morgan fingerprint density at radius 2 is 2.06 bits per heavy atom. The molecular formula is C17H30N5O9P. The van der Waals surface area contributed by atoms with Gasteiger partial charge >= 0.3 is 19.3 Å². The molecule has 0 spiro atoms. The second kappa shape index (κ2) is 13.3. The summed E-state index contributed by atoms with van der Waals surface area (Å²) in [5.74, 6) is -1.45. The van der Waals surface area contributed by atoms with E-state index in [0.717, 1.165) is 11.7 Å². The number of nitrogens with two attached hydrogens (primary N) is 2. The molecule has 0 aliphatic rings. The lowest BCUT2D eigenvalue weighted by Crippen LogP contribution is -2.49. The number of rotatable bonds is 14. The molecule has 15 heteroatoms. The highest BCUT2D eigenvalue weighted by atomic mass is 31.2. The number of nitrogen functional groups attached to an aromatic ring is 1. The van der Waals surface area contributed by atoms with Crippen LogP contribution in [0.3, 0.4) is 0 Å². The lowest BCUT2D eigenvalue weighted by Gasteiger charge is -2.24. The topological polar surface area (TPSA) is 207 Å². The Morgan fingerprint density at radius 1 is 1.38 bits per heavy atom. The highest BCUT2D eigenvalue weighted by Gasteiger charge is 2.31. The first-order valence-electron chi connectivity index (χ1n) is 9.62. The van der Waals surface area contributed by atoms with Gasteiger partial charge in [-0.15, -0.1) is 0 Å². The van der Waals surface area contributed by atoms with Crippen LogP contribution < -0.4 is 22.5 Å². The van der Waals surface area contributed by atoms with Crippen LogP contribution in [0.25, 0.3) is 0 Å². The van der Waals surface area contributed by atoms with E-state index >= 15 is 0 Å². The van der Waals surface area contributed by atoms with E-state index in [1.807, 2.05) is 0 Å². The van der Waals surface area contributed by atoms with Gasteiger partial charge in [0.25, 0.3) is 0 Å². The molecule has 0 bridgehead atoms. The van der Waals surface area contributed by atoms with Crippen LogP contribution in [0.2, 0.25) is 0 Å². The summed E-state index contributed by atoms with van der Waals surface area (Å²) in [6.07, 6.45) is -0.180. The number of aliphatic hydroxyl groups is 1. The predicted molar refractivity (Wildman–Crippen MR) is 113 cm³/mol. The maximum absolute atomic E-state index is 13.0. The van der Waals surface area contributed by atoms with Gasteiger partial charge in [0.2, 0.25) is 5.91 Å². The number of ether oxygens (including phenoxy) is 2. The number of aliphatic hydroxyl groups excluding tert-OH is 1. The number of hydrogen-bond donors (Lipinski definition) is 4. The number of nitrogens with zero attached hydrogens (tertiary/aromatic N) is 2. The number of carbonyl (C=O) groups excluding carboxylic acids is 2. The van der Waals surface area contributed by atoms with Gasteiger partial charge in [0.15, 0.2) is 6.04 Å². The van der Waals surface area contributed by atoms with Gasteiger partial charge in [0, 0.05) is 6.20 Å². The minimum absolute atomic E-state index is 0.0130. The fourth-order valence-electron chi connectivity index (χ4n) is 2.27. The normalized spacial score (nSPS) is 15.9. The molecule has 1 aromatic rings. The fraction of sp³-hybridized carbons (Fsp3) is 0.647. The third kappa shape index (κ3) is 9.02. The van der Waals surface area contributed by atoms with Gasteiger partial charge in [-0.3, -0.25) is 13.9 Å². The van der Waals surface area contributed by atoms with Crippen molar-refractivity contribution in [2.75, 3.05) is 39.0 Å². The smallest absolute Gasteiger partial charge is 0.356 e. The minimum atomic E-state index is -3.93. The Kier molecular flexibility index (Phi) is 11.5. The second-order valence-electron chi connectivity index (χ2n) is 6.59. The highest BCUT2D eigenvalue weighted by Crippen LogP contribution is 2.48. The molecule has 0 aromatic carbocycles. The molecule has 0 aliphatic carbocycles. The summed E-state index contributed by atoms with van der Waals surface area (Å²) in [5, 5.41) is 11.9. The lowest BCUT2D eigenvalue weighted by atomic mass is 10.2. The zero-order chi connectivity index (χ0) is 24.3. The Balaban J connectivity index is 2.82. The molecule has 32 heavy (non-hydrogen) atoms. The number of anilines is 1. The average molecular weight is 479 g/mol. The van der Waals surface area contributed by atoms with E-state index in [0.29, 0.717) is 0 Å². The molecule has 4 atom stereocenters. The number of nitrogens with one attached hydrogen (secondary N) is 1. The predicted octanol–water partition coefficient (Wildman–Crippen LogP) is -1.59. The summed E-state index contributed by atoms with van der Waals surface area (Å²) in [7, 11) is -2.82. The Labute approximate surface area is 184 Å². The van der Waals surface area contributed by atoms with Crippen molar-refractivity contribution in [2.45, 2.75) is 38.6 Å². The molecule has 0 saturated heterocycles. The standard InChI is InChI=1S/C17H30N5O9P/c1-4-30-32(27,31-9-13(16(25)28-3)20-15(24)11(2)18)10-29-12(8-23)7-22-6-5-14(19)21-17(22)26/h5-6,11-13,23H,4,7-10,18H2,1-3H3,(H,20,24)(H2,19,21,26)/t11-,12-,13-,32?/m0/s1. The largest absolute Gasteiger partial charge is 0.467 e. The van der Waals surface area contributed by atoms with E-state index in [1.54, 1.807) is 6.92 Å². The van der Waals surface area contributed by atoms with E-state index in [4.69, 9.17) is 25.3 Å². The van der Waals surface area contributed by atoms with Crippen molar-refractivity contribution >= 4 is 25.3 Å². The van der Waals surface area contributed by atoms with E-state index in [2.05, 4.69) is 15.0 Å². The van der Waals surface area contributed by atoms with Gasteiger partial charge in [-0.25, -0.2) is 9.59 Å². The molecular weight excluding hydrogens is 449 g/mol. The number of hydrogen-bond acceptors (Lipinski definition) is 12. The Morgan fingerprint density at radius 3 is 2.59 bits per heavy atom. The number of carbonyl (C=O) groups is 2. The van der Waals surface area contributed by atoms with Gasteiger partial charge in [-0.1, -0.05) is 0 Å². The van der Waals surface area contributed by atoms with E-state index in [9.17, 15) is 24.1 Å². The summed E-state index contributed by atoms with van der Waals surface area (Å²) in [4.78, 5) is 39.1. The molecule has 14 nitrogen and oxygen atoms in total. The first kappa shape index (κ1) is 27.7. The summed E-state index contributed by atoms with van der Waals surface area (Å²) in [5.41, 5.74) is 10.3. The molecule has 1 rings (SSSR count). The van der Waals surface area contributed by atoms with E-state index < -0.39 is 62.9 Å². The van der Waals surface area contributed by atoms with Crippen molar-refractivity contribution in [3.63, 3.8) is 0 Å². The van der Waals surface area contributed by atoms with E-state index in [1.165, 1.54) is 19.2 Å². The number of methoxy groups -OCH3 is 1. The molecule has 0 radical (unpaired) electrons. The second-order valence-corrected chi connectivity index (χ2v) is 8.58. The lowest BCUT2D eigenvalue weighted by molar-refractivity contribution is -0.146. The molecule has 1 aromatic heterocycles. The number of aromatic nitrogens is 2. The molecule has 1 heterocycles. The van der Waals surface area contributed by atoms with Crippen molar-refractivity contribution < 1.29 is 37.8 Å². The highest BCUT2D eigenvalue weighted by molar-refractivity contribution is 7.53. The van der Waals surface area contributed by atoms with Crippen LogP contribution >= 0.6 is 7.60 Å². The first-order chi connectivity index (χ1) is 15.0. The molecule has 0 saturated carbocycles. The SMILES string of the molecule is CCOP(=O)(CO[C@H](CO)Cn1ccc(N)nc1=O)OC[C@H](NC(=O)[C@H](C)N)C(=O)OC. The van der Waals surface area contributed by atoms with Crippen LogP contribution in [0, 0.1) is 0 Å². The monoisotopic (exact) mass is 479 g/mol. The molecule has 182 valence electrons. The third-order valence-corrected chi connectivity index (χ3v) is 5.61. The van der Waals surface area contributed by atoms with Crippen LogP contribution in [0.1, 0.15) is 13.8 Å². The zero-order valence-corrected chi connectivity index (χ0v) is 19.0. The summed E-state index contributed by atoms with van der Waals surface area (Å²) in [6.45, 7) is 1.80. The van der Waals surface area contributed by atoms with Gasteiger partial charge in [-0.2, -0.15) is 4.98 Å². The third-order valence-electron chi connectivity index (χ3n) is 3.95. The summed E-state index contributed by atoms with van der Waals surface area (Å²) >= 11 is 0. The van der Waals surface area contributed by atoms with Crippen molar-refractivity contribution in [3.8, 4) is 0 Å². The van der Waals surface area contributed by atoms with Gasteiger partial charge < -0.3 is 40.4 Å². The van der Waals surface area contributed by atoms with Crippen LogP contribution in [0.4, 0.5) is 5.82 Å². The summed E-state index contributed by atoms with van der Waals surface area (Å²) in [6, 6.07) is -0.797. The van der Waals surface area contributed by atoms with Crippen molar-refractivity contribution in [1.29, 1.82) is 0 Å². The number of esters is 1. The first-order valence-corrected chi connectivity index (χ1v) is 11.3. The zero-order valence-electron chi connectivity index (χ0n) is 18.1. The summed E-state index contributed by atoms with van der Waals surface area (Å²) < 4.78 is 34.6. The molecule has 1 unspecified atom stereocenters. The Hall–Kier alpha value is -2.35. The fourth-order valence-corrected chi connectivity index (χ4v) is 3.66. The van der Waals surface area contributed by atoms with Gasteiger partial charge in [0.05, 0.1) is 45.6 Å². The van der Waals surface area contributed by atoms with E-state index in [-0.39, 0.29) is 19.0 Å². The quantitative estimate of drug-likeness (QED) is 0.176.